The van der Waals surface area contributed by atoms with E-state index in [1.807, 2.05) is 4.90 Å². The highest BCUT2D eigenvalue weighted by atomic mass is 19.4. The number of hydrogen-bond acceptors (Lipinski definition) is 3. The zero-order valence-electron chi connectivity index (χ0n) is 17.2. The Morgan fingerprint density at radius 3 is 2.38 bits per heavy atom. The topological polar surface area (TPSA) is 49.6 Å². The van der Waals surface area contributed by atoms with E-state index in [1.165, 1.54) is 25.3 Å². The fourth-order valence-electron chi connectivity index (χ4n) is 4.65. The molecule has 2 N–H and O–H groups in total. The highest BCUT2D eigenvalue weighted by molar-refractivity contribution is 5.82. The molecule has 1 aromatic carbocycles. The molecule has 4 nitrogen and oxygen atoms in total. The van der Waals surface area contributed by atoms with Gasteiger partial charge in [0.05, 0.1) is 11.6 Å². The fourth-order valence-corrected chi connectivity index (χ4v) is 4.65. The van der Waals surface area contributed by atoms with Crippen molar-refractivity contribution < 1.29 is 18.0 Å². The molecule has 0 bridgehead atoms. The minimum Gasteiger partial charge on any atom is -0.341 e. The molecule has 2 fully saturated rings. The standard InChI is InChI=1S/C22H32F3N3O/c1-2-17-14-16(6-7-19(17)22(23,24)25)15-20(26)21(29)28-12-8-18(9-13-28)27-10-4-3-5-11-27/h6-7,14,18,20H,2-5,8-13,15,26H2,1H3/t20-/m1/s1. The van der Waals surface area contributed by atoms with Gasteiger partial charge in [0.2, 0.25) is 5.91 Å². The summed E-state index contributed by atoms with van der Waals surface area (Å²) in [7, 11) is 0. The Hall–Kier alpha value is -1.60. The summed E-state index contributed by atoms with van der Waals surface area (Å²) in [4.78, 5) is 17.2. The van der Waals surface area contributed by atoms with Crippen LogP contribution < -0.4 is 5.73 Å². The molecule has 2 saturated heterocycles. The minimum absolute atomic E-state index is 0.0972. The number of likely N-dealkylation sites (tertiary alicyclic amines) is 2. The van der Waals surface area contributed by atoms with Crippen LogP contribution in [0.15, 0.2) is 18.2 Å². The van der Waals surface area contributed by atoms with Crippen LogP contribution >= 0.6 is 0 Å². The summed E-state index contributed by atoms with van der Waals surface area (Å²) < 4.78 is 39.2. The van der Waals surface area contributed by atoms with Gasteiger partial charge in [-0.3, -0.25) is 4.79 Å². The van der Waals surface area contributed by atoms with Gasteiger partial charge in [0.25, 0.3) is 0 Å². The van der Waals surface area contributed by atoms with Crippen molar-refractivity contribution in [2.75, 3.05) is 26.2 Å². The summed E-state index contributed by atoms with van der Waals surface area (Å²) in [5.41, 5.74) is 6.47. The van der Waals surface area contributed by atoms with E-state index in [2.05, 4.69) is 4.90 Å². The molecule has 29 heavy (non-hydrogen) atoms. The van der Waals surface area contributed by atoms with E-state index in [0.717, 1.165) is 32.0 Å². The van der Waals surface area contributed by atoms with Crippen molar-refractivity contribution in [3.8, 4) is 0 Å². The van der Waals surface area contributed by atoms with Crippen molar-refractivity contribution in [3.63, 3.8) is 0 Å². The lowest BCUT2D eigenvalue weighted by atomic mass is 9.96. The number of amides is 1. The molecule has 2 heterocycles. The SMILES string of the molecule is CCc1cc(C[C@@H](N)C(=O)N2CCC(N3CCCCC3)CC2)ccc1C(F)(F)F. The van der Waals surface area contributed by atoms with Crippen LogP contribution in [0.4, 0.5) is 13.2 Å². The third-order valence-electron chi connectivity index (χ3n) is 6.31. The van der Waals surface area contributed by atoms with Crippen molar-refractivity contribution in [2.24, 2.45) is 5.73 Å². The normalized spacial score (nSPS) is 20.7. The predicted octanol–water partition coefficient (Wildman–Crippen LogP) is 3.61. The molecule has 0 spiro atoms. The van der Waals surface area contributed by atoms with E-state index in [1.54, 1.807) is 13.0 Å². The summed E-state index contributed by atoms with van der Waals surface area (Å²) >= 11 is 0. The van der Waals surface area contributed by atoms with Gasteiger partial charge in [-0.25, -0.2) is 0 Å². The average molecular weight is 412 g/mol. The van der Waals surface area contributed by atoms with Gasteiger partial charge in [-0.05, 0) is 68.8 Å². The maximum Gasteiger partial charge on any atom is 0.416 e. The Labute approximate surface area is 171 Å². The van der Waals surface area contributed by atoms with Crippen LogP contribution in [-0.2, 0) is 23.8 Å². The number of alkyl halides is 3. The molecule has 0 unspecified atom stereocenters. The molecule has 2 aliphatic heterocycles. The van der Waals surface area contributed by atoms with Gasteiger partial charge < -0.3 is 15.5 Å². The van der Waals surface area contributed by atoms with Crippen LogP contribution in [0.25, 0.3) is 0 Å². The number of nitrogens with two attached hydrogens (primary N) is 1. The summed E-state index contributed by atoms with van der Waals surface area (Å²) in [6.07, 6.45) is 1.96. The number of halogens is 3. The lowest BCUT2D eigenvalue weighted by Gasteiger charge is -2.40. The second-order valence-electron chi connectivity index (χ2n) is 8.31. The van der Waals surface area contributed by atoms with Gasteiger partial charge in [0.15, 0.2) is 0 Å². The number of hydrogen-bond donors (Lipinski definition) is 1. The molecular formula is C22H32F3N3O. The van der Waals surface area contributed by atoms with Crippen molar-refractivity contribution in [1.29, 1.82) is 0 Å². The van der Waals surface area contributed by atoms with Gasteiger partial charge in [0, 0.05) is 19.1 Å². The molecule has 1 atom stereocenters. The molecule has 162 valence electrons. The highest BCUT2D eigenvalue weighted by Crippen LogP contribution is 2.33. The lowest BCUT2D eigenvalue weighted by molar-refractivity contribution is -0.138. The third kappa shape index (κ3) is 5.51. The Morgan fingerprint density at radius 1 is 1.14 bits per heavy atom. The zero-order chi connectivity index (χ0) is 21.0. The molecule has 1 aromatic rings. The Balaban J connectivity index is 1.55. The molecule has 0 saturated carbocycles. The number of rotatable bonds is 5. The number of nitrogens with zero attached hydrogens (tertiary/aromatic N) is 2. The van der Waals surface area contributed by atoms with Gasteiger partial charge in [-0.15, -0.1) is 0 Å². The maximum atomic E-state index is 13.1. The Morgan fingerprint density at radius 2 is 1.79 bits per heavy atom. The third-order valence-corrected chi connectivity index (χ3v) is 6.31. The van der Waals surface area contributed by atoms with E-state index in [9.17, 15) is 18.0 Å². The first-order valence-corrected chi connectivity index (χ1v) is 10.8. The summed E-state index contributed by atoms with van der Waals surface area (Å²) in [5, 5.41) is 0. The van der Waals surface area contributed by atoms with E-state index in [0.29, 0.717) is 24.7 Å². The number of benzene rings is 1. The predicted molar refractivity (Wildman–Crippen MR) is 108 cm³/mol. The molecule has 2 aliphatic rings. The first-order valence-electron chi connectivity index (χ1n) is 10.8. The van der Waals surface area contributed by atoms with Crippen LogP contribution in [-0.4, -0.2) is 54.0 Å². The second-order valence-corrected chi connectivity index (χ2v) is 8.31. The van der Waals surface area contributed by atoms with Gasteiger partial charge >= 0.3 is 6.18 Å². The molecule has 7 heteroatoms. The van der Waals surface area contributed by atoms with E-state index in [4.69, 9.17) is 5.73 Å². The molecule has 1 amide bonds. The largest absolute Gasteiger partial charge is 0.416 e. The van der Waals surface area contributed by atoms with Crippen LogP contribution in [0.3, 0.4) is 0 Å². The van der Waals surface area contributed by atoms with Crippen molar-refractivity contribution in [1.82, 2.24) is 9.80 Å². The average Bonchev–Trinajstić information content (AvgIpc) is 2.73. The Bertz CT molecular complexity index is 693. The minimum atomic E-state index is -4.36. The molecule has 0 radical (unpaired) electrons. The van der Waals surface area contributed by atoms with Gasteiger partial charge in [-0.2, -0.15) is 13.2 Å². The highest BCUT2D eigenvalue weighted by Gasteiger charge is 2.33. The summed E-state index contributed by atoms with van der Waals surface area (Å²) in [6, 6.07) is 3.92. The summed E-state index contributed by atoms with van der Waals surface area (Å²) in [6.45, 7) is 5.44. The molecular weight excluding hydrogens is 379 g/mol. The Kier molecular flexibility index (Phi) is 7.22. The van der Waals surface area contributed by atoms with Crippen LogP contribution in [0.2, 0.25) is 0 Å². The smallest absolute Gasteiger partial charge is 0.341 e. The number of aryl methyl sites for hydroxylation is 1. The number of piperidine rings is 2. The van der Waals surface area contributed by atoms with Crippen molar-refractivity contribution in [2.45, 2.75) is 70.1 Å². The van der Waals surface area contributed by atoms with Crippen LogP contribution in [0.1, 0.15) is 55.7 Å². The van der Waals surface area contributed by atoms with Crippen molar-refractivity contribution >= 4 is 5.91 Å². The summed E-state index contributed by atoms with van der Waals surface area (Å²) in [5.74, 6) is -0.0972. The quantitative estimate of drug-likeness (QED) is 0.805. The second kappa shape index (κ2) is 9.47. The maximum absolute atomic E-state index is 13.1. The fraction of sp³-hybridized carbons (Fsp3) is 0.682. The van der Waals surface area contributed by atoms with Crippen molar-refractivity contribution in [3.05, 3.63) is 34.9 Å². The number of carbonyl (C=O) groups excluding carboxylic acids is 1. The van der Waals surface area contributed by atoms with E-state index >= 15 is 0 Å². The first kappa shape index (κ1) is 22.1. The lowest BCUT2D eigenvalue weighted by Crippen LogP contribution is -2.52. The van der Waals surface area contributed by atoms with Gasteiger partial charge in [-0.1, -0.05) is 25.5 Å². The molecule has 3 rings (SSSR count). The molecule has 0 aromatic heterocycles. The van der Waals surface area contributed by atoms with Crippen LogP contribution in [0, 0.1) is 0 Å². The molecule has 0 aliphatic carbocycles. The van der Waals surface area contributed by atoms with Crippen LogP contribution in [0.5, 0.6) is 0 Å². The monoisotopic (exact) mass is 411 g/mol. The number of carbonyl (C=O) groups is 1. The van der Waals surface area contributed by atoms with E-state index in [-0.39, 0.29) is 24.3 Å². The van der Waals surface area contributed by atoms with Gasteiger partial charge in [0.1, 0.15) is 0 Å². The van der Waals surface area contributed by atoms with E-state index < -0.39 is 17.8 Å². The first-order chi connectivity index (χ1) is 13.8. The zero-order valence-corrected chi connectivity index (χ0v) is 17.2.